The molecular weight excluding hydrogens is 416 g/mol. The van der Waals surface area contributed by atoms with E-state index in [0.29, 0.717) is 35.9 Å². The molecule has 3 fully saturated rings. The molecule has 9 heteroatoms. The monoisotopic (exact) mass is 444 g/mol. The first-order valence-electron chi connectivity index (χ1n) is 11.1. The molecule has 8 nitrogen and oxygen atoms in total. The summed E-state index contributed by atoms with van der Waals surface area (Å²) < 4.78 is 33.6. The van der Waals surface area contributed by atoms with E-state index in [2.05, 4.69) is 10.5 Å². The molecule has 1 saturated carbocycles. The van der Waals surface area contributed by atoms with Gasteiger partial charge in [-0.3, -0.25) is 4.79 Å². The van der Waals surface area contributed by atoms with E-state index in [0.717, 1.165) is 43.4 Å². The molecule has 0 spiro atoms. The molecule has 1 aromatic heterocycles. The molecule has 1 unspecified atom stereocenters. The van der Waals surface area contributed by atoms with Crippen LogP contribution >= 0.6 is 0 Å². The van der Waals surface area contributed by atoms with Crippen LogP contribution in [0.2, 0.25) is 0 Å². The van der Waals surface area contributed by atoms with Crippen molar-refractivity contribution in [2.75, 3.05) is 6.54 Å². The maximum absolute atomic E-state index is 13.3. The summed E-state index contributed by atoms with van der Waals surface area (Å²) in [5.74, 6) is 0.943. The number of amides is 1. The zero-order valence-corrected chi connectivity index (χ0v) is 18.2. The summed E-state index contributed by atoms with van der Waals surface area (Å²) in [7, 11) is -3.57. The molecule has 0 radical (unpaired) electrons. The highest BCUT2D eigenvalue weighted by Crippen LogP contribution is 2.41. The van der Waals surface area contributed by atoms with Crippen LogP contribution in [0, 0.1) is 0 Å². The number of carbonyl (C=O) groups is 1. The molecule has 5 rings (SSSR count). The summed E-state index contributed by atoms with van der Waals surface area (Å²) >= 11 is 0. The van der Waals surface area contributed by atoms with Gasteiger partial charge in [0.15, 0.2) is 5.69 Å². The van der Waals surface area contributed by atoms with Gasteiger partial charge in [0.05, 0.1) is 4.90 Å². The zero-order chi connectivity index (χ0) is 21.6. The lowest BCUT2D eigenvalue weighted by atomic mass is 9.99. The number of fused-ring (bicyclic) bond motifs is 2. The Morgan fingerprint density at radius 2 is 1.81 bits per heavy atom. The Kier molecular flexibility index (Phi) is 5.35. The highest BCUT2D eigenvalue weighted by atomic mass is 32.2. The first-order valence-corrected chi connectivity index (χ1v) is 12.5. The van der Waals surface area contributed by atoms with Gasteiger partial charge >= 0.3 is 0 Å². The van der Waals surface area contributed by atoms with E-state index in [4.69, 9.17) is 10.3 Å². The fourth-order valence-corrected chi connectivity index (χ4v) is 6.87. The second-order valence-electron chi connectivity index (χ2n) is 8.93. The second-order valence-corrected chi connectivity index (χ2v) is 10.8. The van der Waals surface area contributed by atoms with E-state index in [1.165, 1.54) is 0 Å². The van der Waals surface area contributed by atoms with Crippen LogP contribution < -0.4 is 11.1 Å². The molecule has 31 heavy (non-hydrogen) atoms. The van der Waals surface area contributed by atoms with Crippen LogP contribution in [0.3, 0.4) is 0 Å². The van der Waals surface area contributed by atoms with Crippen LogP contribution in [-0.2, 0) is 16.4 Å². The molecule has 1 aliphatic carbocycles. The Morgan fingerprint density at radius 3 is 2.42 bits per heavy atom. The van der Waals surface area contributed by atoms with Gasteiger partial charge in [0.1, 0.15) is 5.76 Å². The molecule has 2 bridgehead atoms. The quantitative estimate of drug-likeness (QED) is 0.676. The minimum absolute atomic E-state index is 0.0653. The van der Waals surface area contributed by atoms with Crippen molar-refractivity contribution in [3.8, 4) is 0 Å². The molecule has 3 N–H and O–H groups in total. The number of sulfonamides is 1. The highest BCUT2D eigenvalue weighted by Gasteiger charge is 2.47. The average Bonchev–Trinajstić information content (AvgIpc) is 3.40. The second kappa shape index (κ2) is 8.03. The van der Waals surface area contributed by atoms with Gasteiger partial charge in [0, 0.05) is 30.1 Å². The predicted molar refractivity (Wildman–Crippen MR) is 114 cm³/mol. The van der Waals surface area contributed by atoms with Crippen LogP contribution in [0.4, 0.5) is 0 Å². The fourth-order valence-electron chi connectivity index (χ4n) is 4.98. The number of aromatic nitrogens is 1. The number of carbonyl (C=O) groups excluding carboxylic acids is 1. The number of nitrogens with zero attached hydrogens (tertiary/aromatic N) is 2. The van der Waals surface area contributed by atoms with Crippen molar-refractivity contribution in [1.29, 1.82) is 0 Å². The Labute approximate surface area is 182 Å². The molecule has 2 saturated heterocycles. The summed E-state index contributed by atoms with van der Waals surface area (Å²) in [6.45, 7) is 0.533. The van der Waals surface area contributed by atoms with Crippen molar-refractivity contribution >= 4 is 15.9 Å². The minimum atomic E-state index is -3.57. The van der Waals surface area contributed by atoms with E-state index in [-0.39, 0.29) is 24.0 Å². The predicted octanol–water partition coefficient (Wildman–Crippen LogP) is 2.17. The lowest BCUT2D eigenvalue weighted by Gasteiger charge is -2.38. The van der Waals surface area contributed by atoms with E-state index in [9.17, 15) is 13.2 Å². The smallest absolute Gasteiger partial charge is 0.273 e. The lowest BCUT2D eigenvalue weighted by Crippen LogP contribution is -2.52. The van der Waals surface area contributed by atoms with Crippen molar-refractivity contribution in [3.63, 3.8) is 0 Å². The maximum atomic E-state index is 13.3. The number of hydrogen-bond acceptors (Lipinski definition) is 6. The van der Waals surface area contributed by atoms with Crippen molar-refractivity contribution in [3.05, 3.63) is 47.3 Å². The molecule has 2 aromatic rings. The van der Waals surface area contributed by atoms with Gasteiger partial charge in [-0.25, -0.2) is 8.42 Å². The average molecular weight is 445 g/mol. The van der Waals surface area contributed by atoms with Gasteiger partial charge < -0.3 is 15.6 Å². The van der Waals surface area contributed by atoms with Gasteiger partial charge in [0.25, 0.3) is 5.91 Å². The molecule has 3 atom stereocenters. The van der Waals surface area contributed by atoms with Crippen LogP contribution in [-0.4, -0.2) is 48.5 Å². The number of piperidine rings is 1. The molecule has 3 aliphatic rings. The summed E-state index contributed by atoms with van der Waals surface area (Å²) in [6.07, 6.45) is 5.75. The normalized spacial score (nSPS) is 26.2. The largest absolute Gasteiger partial charge is 0.360 e. The van der Waals surface area contributed by atoms with Crippen molar-refractivity contribution in [2.45, 2.75) is 73.9 Å². The summed E-state index contributed by atoms with van der Waals surface area (Å²) in [5, 5.41) is 6.96. The van der Waals surface area contributed by atoms with Crippen LogP contribution in [0.1, 0.15) is 66.3 Å². The molecule has 1 aromatic carbocycles. The number of nitrogens with two attached hydrogens (primary N) is 1. The molecule has 1 amide bonds. The van der Waals surface area contributed by atoms with Crippen LogP contribution in [0.5, 0.6) is 0 Å². The standard InChI is InChI=1S/C22H28N4O4S/c23-10-9-14-1-7-19(8-2-14)31(28,29)26-17-5-6-18(26)12-16(11-17)24-22(27)20-13-21(30-25-20)15-3-4-15/h1-2,7-8,13,15-18H,3-6,9-12,23H2,(H,24,27)/t16?,17-,18+. The van der Waals surface area contributed by atoms with E-state index < -0.39 is 10.0 Å². The van der Waals surface area contributed by atoms with E-state index in [1.807, 2.05) is 12.1 Å². The van der Waals surface area contributed by atoms with Gasteiger partial charge in [0.2, 0.25) is 10.0 Å². The third-order valence-electron chi connectivity index (χ3n) is 6.67. The third kappa shape index (κ3) is 4.02. The Balaban J connectivity index is 1.26. The molecule has 166 valence electrons. The number of benzene rings is 1. The first-order chi connectivity index (χ1) is 15.0. The Hall–Kier alpha value is -2.23. The molecule has 3 heterocycles. The fraction of sp³-hybridized carbons (Fsp3) is 0.545. The topological polar surface area (TPSA) is 119 Å². The number of hydrogen-bond donors (Lipinski definition) is 2. The van der Waals surface area contributed by atoms with Crippen LogP contribution in [0.15, 0.2) is 39.8 Å². The summed E-state index contributed by atoms with van der Waals surface area (Å²) in [4.78, 5) is 12.9. The Bertz CT molecular complexity index is 1050. The van der Waals surface area contributed by atoms with E-state index in [1.54, 1.807) is 22.5 Å². The van der Waals surface area contributed by atoms with Gasteiger partial charge in [-0.05, 0) is 69.2 Å². The summed E-state index contributed by atoms with van der Waals surface area (Å²) in [6, 6.07) is 8.49. The maximum Gasteiger partial charge on any atom is 0.273 e. The summed E-state index contributed by atoms with van der Waals surface area (Å²) in [5.41, 5.74) is 6.92. The van der Waals surface area contributed by atoms with E-state index >= 15 is 0 Å². The minimum Gasteiger partial charge on any atom is -0.360 e. The van der Waals surface area contributed by atoms with Crippen molar-refractivity contribution in [1.82, 2.24) is 14.8 Å². The highest BCUT2D eigenvalue weighted by molar-refractivity contribution is 7.89. The van der Waals surface area contributed by atoms with Gasteiger partial charge in [-0.2, -0.15) is 4.31 Å². The van der Waals surface area contributed by atoms with Crippen LogP contribution in [0.25, 0.3) is 0 Å². The van der Waals surface area contributed by atoms with Gasteiger partial charge in [-0.15, -0.1) is 0 Å². The lowest BCUT2D eigenvalue weighted by molar-refractivity contribution is 0.0900. The molecular formula is C22H28N4O4S. The number of nitrogens with one attached hydrogen (secondary N) is 1. The van der Waals surface area contributed by atoms with Crippen molar-refractivity contribution in [2.24, 2.45) is 5.73 Å². The third-order valence-corrected chi connectivity index (χ3v) is 8.69. The first kappa shape index (κ1) is 20.7. The Morgan fingerprint density at radius 1 is 1.13 bits per heavy atom. The molecule has 2 aliphatic heterocycles. The zero-order valence-electron chi connectivity index (χ0n) is 17.4. The van der Waals surface area contributed by atoms with Gasteiger partial charge in [-0.1, -0.05) is 17.3 Å². The van der Waals surface area contributed by atoms with Crippen molar-refractivity contribution < 1.29 is 17.7 Å². The number of rotatable bonds is 7. The SMILES string of the molecule is NCCc1ccc(S(=O)(=O)N2[C@@H]3CC[C@H]2CC(NC(=O)c2cc(C4CC4)on2)C3)cc1.